The number of carbonyl (C=O) groups is 11. The standard InChI is InChI=1S/C53H100N18O11/c1-27(2)22-37(63-32(11)72)47(78)68-39(24-29(5)6)49(80)70-40(25-30(7)8)50(81)69-38(23-28(3)4)48(79)65-35(18-15-21-62-53(59)60)46(77)71-42(31(9)10)51(82)66-33(16-12-13-19-54)44(75)64-34(17-14-20-61-52(57)58)45(76)67-36(43(56)74)26-41(55)73/h27-31,33-40,42H,12-26,54H2,1-11H3,(H2,55,73)(H2,56,74)(H,63,72)(H,64,75)(H,65,79)(H,66,82)(H,67,76)(H,68,78)(H,69,81)(H,70,80)(H,71,77)(H4,57,58,61)(H4,59,60,62)/t33-,34-,35-,36-,37-,38-,39-,40-,42-/m0/s1. The van der Waals surface area contributed by atoms with E-state index in [4.69, 9.17) is 40.1 Å². The number of nitrogens with zero attached hydrogens (tertiary/aromatic N) is 2. The van der Waals surface area contributed by atoms with E-state index in [1.165, 1.54) is 6.92 Å². The van der Waals surface area contributed by atoms with E-state index in [1.54, 1.807) is 13.8 Å². The summed E-state index contributed by atoms with van der Waals surface area (Å²) in [6.45, 7) is 19.7. The lowest BCUT2D eigenvalue weighted by Crippen LogP contribution is -2.61. The average Bonchev–Trinajstić information content (AvgIpc) is 3.45. The molecular weight excluding hydrogens is 1060 g/mol. The van der Waals surface area contributed by atoms with Crippen LogP contribution in [0.3, 0.4) is 0 Å². The summed E-state index contributed by atoms with van der Waals surface area (Å²) in [4.78, 5) is 156. The fourth-order valence-corrected chi connectivity index (χ4v) is 8.47. The molecule has 82 heavy (non-hydrogen) atoms. The number of aliphatic imine (C=N–C) groups is 2. The molecule has 23 N–H and O–H groups in total. The third-order valence-electron chi connectivity index (χ3n) is 12.5. The predicted molar refractivity (Wildman–Crippen MR) is 311 cm³/mol. The first-order chi connectivity index (χ1) is 38.2. The zero-order chi connectivity index (χ0) is 63.0. The summed E-state index contributed by atoms with van der Waals surface area (Å²) in [6, 6.07) is -11.3. The van der Waals surface area contributed by atoms with Crippen molar-refractivity contribution < 1.29 is 52.7 Å². The summed E-state index contributed by atoms with van der Waals surface area (Å²) in [5, 5.41) is 24.1. The van der Waals surface area contributed by atoms with Crippen LogP contribution in [0.15, 0.2) is 9.98 Å². The molecule has 0 aromatic rings. The van der Waals surface area contributed by atoms with Gasteiger partial charge in [-0.05, 0) is 107 Å². The summed E-state index contributed by atoms with van der Waals surface area (Å²) in [5.74, 6) is -9.93. The normalized spacial score (nSPS) is 14.5. The highest BCUT2D eigenvalue weighted by molar-refractivity contribution is 5.99. The minimum Gasteiger partial charge on any atom is -0.370 e. The largest absolute Gasteiger partial charge is 0.370 e. The number of nitrogens with one attached hydrogen (secondary N) is 9. The second kappa shape index (κ2) is 39.2. The second-order valence-corrected chi connectivity index (χ2v) is 22.7. The average molecular weight is 1170 g/mol. The van der Waals surface area contributed by atoms with Gasteiger partial charge in [0.25, 0.3) is 0 Å². The number of unbranched alkanes of at least 4 members (excludes halogenated alkanes) is 1. The van der Waals surface area contributed by atoms with E-state index >= 15 is 0 Å². The Labute approximate surface area is 483 Å². The predicted octanol–water partition coefficient (Wildman–Crippen LogP) is -3.19. The highest BCUT2D eigenvalue weighted by Crippen LogP contribution is 2.15. The van der Waals surface area contributed by atoms with Crippen LogP contribution >= 0.6 is 0 Å². The minimum atomic E-state index is -1.51. The van der Waals surface area contributed by atoms with Crippen LogP contribution < -0.4 is 88.0 Å². The van der Waals surface area contributed by atoms with Crippen molar-refractivity contribution in [2.75, 3.05) is 19.6 Å². The molecule has 11 amide bonds. The summed E-state index contributed by atoms with van der Waals surface area (Å²) >= 11 is 0. The van der Waals surface area contributed by atoms with E-state index in [2.05, 4.69) is 57.8 Å². The van der Waals surface area contributed by atoms with Gasteiger partial charge in [0.05, 0.1) is 6.42 Å². The molecule has 0 aliphatic rings. The van der Waals surface area contributed by atoms with Crippen LogP contribution in [0, 0.1) is 29.6 Å². The maximum atomic E-state index is 14.4. The summed E-state index contributed by atoms with van der Waals surface area (Å²) in [7, 11) is 0. The number of amides is 11. The number of hydrogen-bond acceptors (Lipinski definition) is 14. The van der Waals surface area contributed by atoms with Crippen molar-refractivity contribution in [2.45, 2.75) is 208 Å². The van der Waals surface area contributed by atoms with E-state index in [9.17, 15) is 52.7 Å². The molecule has 0 spiro atoms. The van der Waals surface area contributed by atoms with Crippen molar-refractivity contribution in [3.05, 3.63) is 0 Å². The van der Waals surface area contributed by atoms with Gasteiger partial charge >= 0.3 is 0 Å². The van der Waals surface area contributed by atoms with E-state index in [1.807, 2.05) is 55.4 Å². The number of primary amides is 2. The zero-order valence-corrected chi connectivity index (χ0v) is 50.1. The van der Waals surface area contributed by atoms with Crippen LogP contribution in [-0.4, -0.2) is 151 Å². The highest BCUT2D eigenvalue weighted by Gasteiger charge is 2.36. The van der Waals surface area contributed by atoms with E-state index in [0.717, 1.165) is 0 Å². The Hall–Kier alpha value is -7.33. The molecule has 0 aromatic carbocycles. The van der Waals surface area contributed by atoms with Gasteiger partial charge in [-0.15, -0.1) is 0 Å². The molecule has 0 radical (unpaired) electrons. The van der Waals surface area contributed by atoms with Crippen molar-refractivity contribution in [2.24, 2.45) is 79.7 Å². The molecule has 0 rings (SSSR count). The van der Waals surface area contributed by atoms with E-state index in [0.29, 0.717) is 19.3 Å². The maximum Gasteiger partial charge on any atom is 0.243 e. The van der Waals surface area contributed by atoms with Crippen molar-refractivity contribution in [3.8, 4) is 0 Å². The van der Waals surface area contributed by atoms with E-state index < -0.39 is 132 Å². The lowest BCUT2D eigenvalue weighted by atomic mass is 9.97. The molecule has 0 bridgehead atoms. The van der Waals surface area contributed by atoms with Gasteiger partial charge in [0.1, 0.15) is 54.4 Å². The minimum absolute atomic E-state index is 0.0173. The molecule has 0 aliphatic heterocycles. The first-order valence-corrected chi connectivity index (χ1v) is 28.3. The quantitative estimate of drug-likeness (QED) is 0.0163. The van der Waals surface area contributed by atoms with Crippen LogP contribution in [0.25, 0.3) is 0 Å². The topological polar surface area (TPSA) is 503 Å². The smallest absolute Gasteiger partial charge is 0.243 e. The molecule has 0 saturated heterocycles. The Morgan fingerprint density at radius 3 is 0.951 bits per heavy atom. The Bertz CT molecular complexity index is 2160. The number of rotatable bonds is 41. The summed E-state index contributed by atoms with van der Waals surface area (Å²) in [5.41, 5.74) is 38.4. The molecule has 0 aromatic heterocycles. The van der Waals surface area contributed by atoms with Crippen LogP contribution in [0.4, 0.5) is 0 Å². The van der Waals surface area contributed by atoms with E-state index in [-0.39, 0.29) is 107 Å². The van der Waals surface area contributed by atoms with Crippen molar-refractivity contribution in [1.29, 1.82) is 0 Å². The van der Waals surface area contributed by atoms with Gasteiger partial charge in [-0.1, -0.05) is 69.2 Å². The molecule has 29 heteroatoms. The van der Waals surface area contributed by atoms with Gasteiger partial charge in [-0.2, -0.15) is 0 Å². The Balaban J connectivity index is 7.01. The first-order valence-electron chi connectivity index (χ1n) is 28.3. The van der Waals surface area contributed by atoms with Crippen molar-refractivity contribution >= 4 is 76.9 Å². The fourth-order valence-electron chi connectivity index (χ4n) is 8.47. The number of carbonyl (C=O) groups excluding carboxylic acids is 11. The SMILES string of the molecule is CC(=O)N[C@@H](CC(C)C)C(=O)N[C@@H](CC(C)C)C(=O)N[C@@H](CC(C)C)C(=O)N[C@@H](CC(C)C)C(=O)N[C@@H](CCCN=C(N)N)C(=O)N[C@H](C(=O)N[C@@H](CCCCN)C(=O)N[C@@H](CCCN=C(N)N)C(=O)N[C@@H](CC(N)=O)C(N)=O)C(C)C. The lowest BCUT2D eigenvalue weighted by Gasteiger charge is -2.30. The van der Waals surface area contributed by atoms with Crippen molar-refractivity contribution in [3.63, 3.8) is 0 Å². The van der Waals surface area contributed by atoms with Crippen LogP contribution in [-0.2, 0) is 52.7 Å². The van der Waals surface area contributed by atoms with Gasteiger partial charge in [-0.25, -0.2) is 0 Å². The Morgan fingerprint density at radius 1 is 0.366 bits per heavy atom. The molecule has 0 fully saturated rings. The third-order valence-corrected chi connectivity index (χ3v) is 12.5. The van der Waals surface area contributed by atoms with Crippen LogP contribution in [0.1, 0.15) is 153 Å². The van der Waals surface area contributed by atoms with Crippen LogP contribution in [0.2, 0.25) is 0 Å². The molecule has 29 nitrogen and oxygen atoms in total. The van der Waals surface area contributed by atoms with Gasteiger partial charge < -0.3 is 88.0 Å². The highest BCUT2D eigenvalue weighted by atomic mass is 16.2. The van der Waals surface area contributed by atoms with Gasteiger partial charge in [-0.3, -0.25) is 62.7 Å². The lowest BCUT2D eigenvalue weighted by molar-refractivity contribution is -0.137. The Kier molecular flexibility index (Phi) is 35.7. The molecule has 0 saturated carbocycles. The molecule has 0 aliphatic carbocycles. The van der Waals surface area contributed by atoms with Crippen LogP contribution in [0.5, 0.6) is 0 Å². The number of hydrogen-bond donors (Lipinski definition) is 16. The molecule has 9 atom stereocenters. The molecule has 468 valence electrons. The Morgan fingerprint density at radius 2 is 0.659 bits per heavy atom. The summed E-state index contributed by atoms with van der Waals surface area (Å²) < 4.78 is 0. The monoisotopic (exact) mass is 1160 g/mol. The zero-order valence-electron chi connectivity index (χ0n) is 50.1. The first kappa shape index (κ1) is 74.7. The molecule has 0 unspecified atom stereocenters. The number of nitrogens with two attached hydrogens (primary N) is 7. The summed E-state index contributed by atoms with van der Waals surface area (Å²) in [6.07, 6.45) is 1.03. The third kappa shape index (κ3) is 32.2. The molecule has 0 heterocycles. The number of guanidine groups is 2. The van der Waals surface area contributed by atoms with Gasteiger partial charge in [0.15, 0.2) is 11.9 Å². The maximum absolute atomic E-state index is 14.4. The van der Waals surface area contributed by atoms with Gasteiger partial charge in [0.2, 0.25) is 65.0 Å². The van der Waals surface area contributed by atoms with Crippen molar-refractivity contribution in [1.82, 2.24) is 47.9 Å². The molecular formula is C53H100N18O11. The fraction of sp³-hybridized carbons (Fsp3) is 0.755. The second-order valence-electron chi connectivity index (χ2n) is 22.7. The van der Waals surface area contributed by atoms with Gasteiger partial charge in [0, 0.05) is 20.0 Å².